The Hall–Kier alpha value is -2.00. The number of hydrogen-bond donors (Lipinski definition) is 2. The van der Waals surface area contributed by atoms with E-state index in [-0.39, 0.29) is 17.1 Å². The van der Waals surface area contributed by atoms with E-state index in [1.165, 1.54) is 30.5 Å². The summed E-state index contributed by atoms with van der Waals surface area (Å²) in [5.41, 5.74) is 2.88. The Balaban J connectivity index is 2.03. The van der Waals surface area contributed by atoms with Crippen molar-refractivity contribution in [2.75, 3.05) is 0 Å². The predicted molar refractivity (Wildman–Crippen MR) is 91.6 cm³/mol. The number of ether oxygens (including phenoxy) is 1. The molecule has 0 aliphatic rings. The fourth-order valence-corrected chi connectivity index (χ4v) is 2.96. The molecule has 0 aliphatic heterocycles. The molecule has 0 bridgehead atoms. The Kier molecular flexibility index (Phi) is 6.27. The predicted octanol–water partition coefficient (Wildman–Crippen LogP) is 4.28. The molecule has 0 atom stereocenters. The number of amides is 1. The minimum absolute atomic E-state index is 0.0234. The molecule has 126 valence electrons. The highest BCUT2D eigenvalue weighted by Crippen LogP contribution is 2.30. The molecule has 9 heteroatoms. The Morgan fingerprint density at radius 2 is 1.92 bits per heavy atom. The van der Waals surface area contributed by atoms with E-state index in [9.17, 15) is 18.7 Å². The van der Waals surface area contributed by atoms with Gasteiger partial charge in [-0.2, -0.15) is 13.9 Å². The maximum atomic E-state index is 12.0. The quantitative estimate of drug-likeness (QED) is 0.513. The van der Waals surface area contributed by atoms with Gasteiger partial charge in [0.1, 0.15) is 11.5 Å². The zero-order valence-electron chi connectivity index (χ0n) is 11.8. The Morgan fingerprint density at radius 1 is 1.25 bits per heavy atom. The molecule has 0 saturated carbocycles. The van der Waals surface area contributed by atoms with Gasteiger partial charge in [-0.15, -0.1) is 0 Å². The van der Waals surface area contributed by atoms with Crippen molar-refractivity contribution in [2.45, 2.75) is 6.61 Å². The number of carbonyl (C=O) groups is 1. The van der Waals surface area contributed by atoms with Crippen molar-refractivity contribution < 1.29 is 23.4 Å². The molecule has 0 fully saturated rings. The molecule has 2 aromatic carbocycles. The summed E-state index contributed by atoms with van der Waals surface area (Å²) < 4.78 is 29.5. The van der Waals surface area contributed by atoms with Crippen LogP contribution in [0.4, 0.5) is 8.78 Å². The van der Waals surface area contributed by atoms with Gasteiger partial charge < -0.3 is 9.84 Å². The molecule has 0 spiro atoms. The van der Waals surface area contributed by atoms with Gasteiger partial charge in [0.05, 0.1) is 10.7 Å². The van der Waals surface area contributed by atoms with Crippen molar-refractivity contribution in [3.63, 3.8) is 0 Å². The van der Waals surface area contributed by atoms with Gasteiger partial charge in [0.25, 0.3) is 5.91 Å². The normalized spacial score (nSPS) is 11.0. The molecule has 0 unspecified atom stereocenters. The van der Waals surface area contributed by atoms with E-state index in [2.05, 4.69) is 47.1 Å². The second kappa shape index (κ2) is 8.20. The number of alkyl halides is 2. The van der Waals surface area contributed by atoms with E-state index in [4.69, 9.17) is 0 Å². The van der Waals surface area contributed by atoms with Crippen LogP contribution in [0.1, 0.15) is 15.9 Å². The van der Waals surface area contributed by atoms with Crippen molar-refractivity contribution in [3.8, 4) is 11.5 Å². The maximum Gasteiger partial charge on any atom is 0.387 e. The largest absolute Gasteiger partial charge is 0.506 e. The smallest absolute Gasteiger partial charge is 0.387 e. The van der Waals surface area contributed by atoms with Crippen molar-refractivity contribution in [1.29, 1.82) is 0 Å². The fourth-order valence-electron chi connectivity index (χ4n) is 1.70. The summed E-state index contributed by atoms with van der Waals surface area (Å²) in [6, 6.07) is 8.44. The highest BCUT2D eigenvalue weighted by molar-refractivity contribution is 9.11. The first-order valence-corrected chi connectivity index (χ1v) is 8.01. The lowest BCUT2D eigenvalue weighted by Crippen LogP contribution is -2.17. The Morgan fingerprint density at radius 3 is 2.54 bits per heavy atom. The molecule has 0 radical (unpaired) electrons. The van der Waals surface area contributed by atoms with Crippen LogP contribution in [0.3, 0.4) is 0 Å². The average Bonchev–Trinajstić information content (AvgIpc) is 2.52. The van der Waals surface area contributed by atoms with Gasteiger partial charge in [0.15, 0.2) is 0 Å². The van der Waals surface area contributed by atoms with Gasteiger partial charge >= 0.3 is 6.61 Å². The maximum absolute atomic E-state index is 12.0. The van der Waals surface area contributed by atoms with E-state index < -0.39 is 12.5 Å². The number of halogens is 4. The number of rotatable bonds is 5. The van der Waals surface area contributed by atoms with Gasteiger partial charge in [-0.05, 0) is 52.3 Å². The van der Waals surface area contributed by atoms with E-state index in [1.807, 2.05) is 0 Å². The van der Waals surface area contributed by atoms with Gasteiger partial charge in [-0.1, -0.05) is 15.9 Å². The first-order valence-electron chi connectivity index (χ1n) is 6.43. The lowest BCUT2D eigenvalue weighted by atomic mass is 10.2. The summed E-state index contributed by atoms with van der Waals surface area (Å²) in [6.07, 6.45) is 1.27. The topological polar surface area (TPSA) is 70.9 Å². The number of benzene rings is 2. The fraction of sp³-hybridized carbons (Fsp3) is 0.0667. The summed E-state index contributed by atoms with van der Waals surface area (Å²) in [4.78, 5) is 11.9. The third kappa shape index (κ3) is 5.00. The molecule has 2 aromatic rings. The molecule has 24 heavy (non-hydrogen) atoms. The monoisotopic (exact) mass is 462 g/mol. The summed E-state index contributed by atoms with van der Waals surface area (Å²) in [5, 5.41) is 13.6. The number of phenolic OH excluding ortho intramolecular Hbond substituents is 1. The van der Waals surface area contributed by atoms with E-state index >= 15 is 0 Å². The molecular weight excluding hydrogens is 454 g/mol. The molecule has 1 amide bonds. The minimum atomic E-state index is -2.92. The molecule has 0 heterocycles. The SMILES string of the molecule is O=C(N/N=C/c1cc(Br)cc(Br)c1O)c1ccc(OC(F)F)cc1. The molecule has 0 aliphatic carbocycles. The molecule has 0 aromatic heterocycles. The first-order chi connectivity index (χ1) is 11.4. The second-order valence-electron chi connectivity index (χ2n) is 4.43. The lowest BCUT2D eigenvalue weighted by Gasteiger charge is -2.05. The molecule has 0 saturated heterocycles. The summed E-state index contributed by atoms with van der Waals surface area (Å²) in [7, 11) is 0. The summed E-state index contributed by atoms with van der Waals surface area (Å²) in [6.45, 7) is -2.92. The molecule has 5 nitrogen and oxygen atoms in total. The van der Waals surface area contributed by atoms with E-state index in [1.54, 1.807) is 12.1 Å². The van der Waals surface area contributed by atoms with Crippen LogP contribution in [0.15, 0.2) is 50.4 Å². The van der Waals surface area contributed by atoms with Gasteiger partial charge in [-0.25, -0.2) is 5.43 Å². The number of nitrogens with zero attached hydrogens (tertiary/aromatic N) is 1. The van der Waals surface area contributed by atoms with Crippen LogP contribution in [0.5, 0.6) is 11.5 Å². The number of aromatic hydroxyl groups is 1. The number of phenols is 1. The average molecular weight is 464 g/mol. The zero-order valence-corrected chi connectivity index (χ0v) is 15.0. The van der Waals surface area contributed by atoms with Crippen LogP contribution >= 0.6 is 31.9 Å². The number of hydrazone groups is 1. The van der Waals surface area contributed by atoms with Crippen LogP contribution in [-0.4, -0.2) is 23.8 Å². The molecular formula is C15H10Br2F2N2O3. The Labute approximate surface area is 152 Å². The zero-order chi connectivity index (χ0) is 17.7. The number of carbonyl (C=O) groups excluding carboxylic acids is 1. The first kappa shape index (κ1) is 18.3. The van der Waals surface area contributed by atoms with Crippen LogP contribution < -0.4 is 10.2 Å². The third-order valence-electron chi connectivity index (χ3n) is 2.77. The highest BCUT2D eigenvalue weighted by atomic mass is 79.9. The minimum Gasteiger partial charge on any atom is -0.506 e. The standard InChI is InChI=1S/C15H10Br2F2N2O3/c16-10-5-9(13(22)12(17)6-10)7-20-21-14(23)8-1-3-11(4-2-8)24-15(18)19/h1-7,15,22H,(H,21,23)/b20-7+. The molecule has 2 rings (SSSR count). The third-order valence-corrected chi connectivity index (χ3v) is 3.83. The van der Waals surface area contributed by atoms with Gasteiger partial charge in [-0.3, -0.25) is 4.79 Å². The van der Waals surface area contributed by atoms with Crippen LogP contribution in [-0.2, 0) is 0 Å². The van der Waals surface area contributed by atoms with E-state index in [0.717, 1.165) is 4.47 Å². The number of nitrogens with one attached hydrogen (secondary N) is 1. The van der Waals surface area contributed by atoms with Crippen LogP contribution in [0, 0.1) is 0 Å². The summed E-state index contributed by atoms with van der Waals surface area (Å²) in [5.74, 6) is -0.609. The summed E-state index contributed by atoms with van der Waals surface area (Å²) >= 11 is 6.46. The van der Waals surface area contributed by atoms with Gasteiger partial charge in [0, 0.05) is 15.6 Å². The van der Waals surface area contributed by atoms with Crippen molar-refractivity contribution in [3.05, 3.63) is 56.5 Å². The lowest BCUT2D eigenvalue weighted by molar-refractivity contribution is -0.0498. The Bertz CT molecular complexity index is 768. The van der Waals surface area contributed by atoms with Crippen LogP contribution in [0.2, 0.25) is 0 Å². The second-order valence-corrected chi connectivity index (χ2v) is 6.20. The molecule has 2 N–H and O–H groups in total. The van der Waals surface area contributed by atoms with E-state index in [0.29, 0.717) is 10.0 Å². The van der Waals surface area contributed by atoms with Crippen molar-refractivity contribution in [1.82, 2.24) is 5.43 Å². The van der Waals surface area contributed by atoms with Crippen LogP contribution in [0.25, 0.3) is 0 Å². The highest BCUT2D eigenvalue weighted by Gasteiger charge is 2.08. The number of hydrogen-bond acceptors (Lipinski definition) is 4. The van der Waals surface area contributed by atoms with Crippen molar-refractivity contribution >= 4 is 44.0 Å². The van der Waals surface area contributed by atoms with Crippen molar-refractivity contribution in [2.24, 2.45) is 5.10 Å². The van der Waals surface area contributed by atoms with Gasteiger partial charge in [0.2, 0.25) is 0 Å².